The number of methoxy groups -OCH3 is 1. The van der Waals surface area contributed by atoms with Crippen LogP contribution >= 0.6 is 0 Å². The van der Waals surface area contributed by atoms with Crippen molar-refractivity contribution in [3.63, 3.8) is 0 Å². The minimum atomic E-state index is -0.807. The monoisotopic (exact) mass is 501 g/mol. The van der Waals surface area contributed by atoms with Crippen LogP contribution in [0.25, 0.3) is 5.76 Å². The van der Waals surface area contributed by atoms with Crippen LogP contribution in [0.2, 0.25) is 0 Å². The predicted octanol–water partition coefficient (Wildman–Crippen LogP) is 5.04. The minimum absolute atomic E-state index is 0.0327. The van der Waals surface area contributed by atoms with Gasteiger partial charge >= 0.3 is 0 Å². The number of amides is 1. The molecule has 0 spiro atoms. The maximum absolute atomic E-state index is 13.2. The van der Waals surface area contributed by atoms with E-state index in [0.717, 1.165) is 11.1 Å². The molecule has 7 heteroatoms. The summed E-state index contributed by atoms with van der Waals surface area (Å²) in [6.07, 6.45) is 0. The highest BCUT2D eigenvalue weighted by atomic mass is 16.5. The quantitative estimate of drug-likeness (QED) is 0.238. The number of carbonyl (C=O) groups is 2. The molecule has 1 unspecified atom stereocenters. The number of carbonyl (C=O) groups excluding carboxylic acids is 2. The molecule has 4 rings (SSSR count). The molecule has 1 atom stereocenters. The summed E-state index contributed by atoms with van der Waals surface area (Å²) in [6, 6.07) is 21.5. The molecule has 0 saturated carbocycles. The first-order chi connectivity index (χ1) is 17.9. The number of benzene rings is 3. The molecular weight excluding hydrogens is 470 g/mol. The van der Waals surface area contributed by atoms with Gasteiger partial charge in [-0.15, -0.1) is 0 Å². The highest BCUT2D eigenvalue weighted by Gasteiger charge is 2.46. The molecule has 1 N–H and O–H groups in total. The van der Waals surface area contributed by atoms with Crippen molar-refractivity contribution in [1.29, 1.82) is 0 Å². The highest BCUT2D eigenvalue weighted by molar-refractivity contribution is 6.46. The third-order valence-corrected chi connectivity index (χ3v) is 6.22. The summed E-state index contributed by atoms with van der Waals surface area (Å²) in [6.45, 7) is 5.00. The van der Waals surface area contributed by atoms with E-state index in [1.54, 1.807) is 30.3 Å². The number of aryl methyl sites for hydroxylation is 1. The number of hydrogen-bond donors (Lipinski definition) is 1. The van der Waals surface area contributed by atoms with Gasteiger partial charge in [0.2, 0.25) is 0 Å². The summed E-state index contributed by atoms with van der Waals surface area (Å²) in [5, 5.41) is 11.2. The molecule has 1 aliphatic rings. The first-order valence-corrected chi connectivity index (χ1v) is 12.2. The minimum Gasteiger partial charge on any atom is -0.507 e. The van der Waals surface area contributed by atoms with Crippen LogP contribution in [0.3, 0.4) is 0 Å². The second-order valence-electron chi connectivity index (χ2n) is 8.76. The van der Waals surface area contributed by atoms with Gasteiger partial charge in [0.15, 0.2) is 11.5 Å². The molecule has 1 aliphatic heterocycles. The third kappa shape index (κ3) is 5.67. The molecule has 1 saturated heterocycles. The van der Waals surface area contributed by atoms with Gasteiger partial charge in [-0.3, -0.25) is 9.59 Å². The lowest BCUT2D eigenvalue weighted by Crippen LogP contribution is -2.32. The number of hydrogen-bond acceptors (Lipinski definition) is 6. The van der Waals surface area contributed by atoms with E-state index in [0.29, 0.717) is 35.8 Å². The van der Waals surface area contributed by atoms with Crippen LogP contribution in [0.5, 0.6) is 11.5 Å². The van der Waals surface area contributed by atoms with Gasteiger partial charge in [-0.05, 0) is 37.1 Å². The van der Waals surface area contributed by atoms with E-state index < -0.39 is 17.7 Å². The van der Waals surface area contributed by atoms with E-state index in [2.05, 4.69) is 0 Å². The summed E-state index contributed by atoms with van der Waals surface area (Å²) in [5.74, 6) is -0.601. The number of nitrogens with zero attached hydrogens (tertiary/aromatic N) is 1. The molecule has 0 bridgehead atoms. The van der Waals surface area contributed by atoms with E-state index in [-0.39, 0.29) is 24.5 Å². The summed E-state index contributed by atoms with van der Waals surface area (Å²) in [4.78, 5) is 27.7. The third-order valence-electron chi connectivity index (χ3n) is 6.22. The summed E-state index contributed by atoms with van der Waals surface area (Å²) >= 11 is 0. The van der Waals surface area contributed by atoms with Crippen LogP contribution in [0.15, 0.2) is 78.4 Å². The standard InChI is InChI=1S/C30H31NO6/c1-4-36-25-18-23(14-15-24(25)37-19-21-8-6-5-7-9-21)27-26(28(32)22-12-10-20(2)11-13-22)29(33)30(34)31(27)16-17-35-3/h5-15,18,27,32H,4,16-17,19H2,1-3H3/b28-26+. The molecule has 3 aromatic carbocycles. The highest BCUT2D eigenvalue weighted by Crippen LogP contribution is 2.42. The van der Waals surface area contributed by atoms with Crippen molar-refractivity contribution in [3.8, 4) is 11.5 Å². The van der Waals surface area contributed by atoms with E-state index in [1.807, 2.05) is 56.3 Å². The smallest absolute Gasteiger partial charge is 0.295 e. The molecule has 1 amide bonds. The van der Waals surface area contributed by atoms with Crippen molar-refractivity contribution in [1.82, 2.24) is 4.90 Å². The van der Waals surface area contributed by atoms with Crippen LogP contribution in [-0.4, -0.2) is 48.6 Å². The van der Waals surface area contributed by atoms with Crippen molar-refractivity contribution in [3.05, 3.63) is 101 Å². The lowest BCUT2D eigenvalue weighted by atomic mass is 9.94. The topological polar surface area (TPSA) is 85.3 Å². The Bertz CT molecular complexity index is 1280. The van der Waals surface area contributed by atoms with E-state index in [9.17, 15) is 14.7 Å². The Hall–Kier alpha value is -4.10. The van der Waals surface area contributed by atoms with E-state index in [4.69, 9.17) is 14.2 Å². The largest absolute Gasteiger partial charge is 0.507 e. The number of likely N-dealkylation sites (tertiary alicyclic amines) is 1. The molecule has 0 aromatic heterocycles. The van der Waals surface area contributed by atoms with Crippen LogP contribution in [0, 0.1) is 6.92 Å². The van der Waals surface area contributed by atoms with Crippen LogP contribution in [0.4, 0.5) is 0 Å². The molecule has 37 heavy (non-hydrogen) atoms. The second kappa shape index (κ2) is 11.8. The van der Waals surface area contributed by atoms with Crippen molar-refractivity contribution in [2.75, 3.05) is 26.9 Å². The zero-order valence-corrected chi connectivity index (χ0v) is 21.3. The maximum Gasteiger partial charge on any atom is 0.295 e. The molecule has 1 heterocycles. The normalized spacial score (nSPS) is 16.7. The molecule has 7 nitrogen and oxygen atoms in total. The summed E-state index contributed by atoms with van der Waals surface area (Å²) < 4.78 is 17.1. The SMILES string of the molecule is CCOc1cc(C2/C(=C(\O)c3ccc(C)cc3)C(=O)C(=O)N2CCOC)ccc1OCc1ccccc1. The fourth-order valence-electron chi connectivity index (χ4n) is 4.33. The van der Waals surface area contributed by atoms with Gasteiger partial charge in [0, 0.05) is 19.2 Å². The van der Waals surface area contributed by atoms with Gasteiger partial charge in [0.25, 0.3) is 11.7 Å². The number of rotatable bonds is 10. The van der Waals surface area contributed by atoms with Gasteiger partial charge in [-0.1, -0.05) is 66.2 Å². The summed E-state index contributed by atoms with van der Waals surface area (Å²) in [7, 11) is 1.53. The number of Topliss-reactive ketones (excluding diaryl/α,β-unsaturated/α-hetero) is 1. The zero-order chi connectivity index (χ0) is 26.4. The second-order valence-corrected chi connectivity index (χ2v) is 8.76. The Labute approximate surface area is 216 Å². The van der Waals surface area contributed by atoms with Crippen molar-refractivity contribution in [2.45, 2.75) is 26.5 Å². The fourth-order valence-corrected chi connectivity index (χ4v) is 4.33. The lowest BCUT2D eigenvalue weighted by Gasteiger charge is -2.26. The van der Waals surface area contributed by atoms with Gasteiger partial charge in [0.1, 0.15) is 12.4 Å². The number of ether oxygens (including phenoxy) is 3. The number of aliphatic hydroxyl groups excluding tert-OH is 1. The van der Waals surface area contributed by atoms with Crippen LogP contribution < -0.4 is 9.47 Å². The van der Waals surface area contributed by atoms with Gasteiger partial charge < -0.3 is 24.2 Å². The number of aliphatic hydroxyl groups is 1. The van der Waals surface area contributed by atoms with Gasteiger partial charge in [0.05, 0.1) is 24.8 Å². The van der Waals surface area contributed by atoms with E-state index in [1.165, 1.54) is 12.0 Å². The van der Waals surface area contributed by atoms with Crippen molar-refractivity contribution < 1.29 is 28.9 Å². The molecular formula is C30H31NO6. The van der Waals surface area contributed by atoms with Crippen LogP contribution in [-0.2, 0) is 20.9 Å². The Kier molecular flexibility index (Phi) is 8.25. The average molecular weight is 502 g/mol. The van der Waals surface area contributed by atoms with Gasteiger partial charge in [-0.2, -0.15) is 0 Å². The fraction of sp³-hybridized carbons (Fsp3) is 0.267. The van der Waals surface area contributed by atoms with E-state index >= 15 is 0 Å². The Balaban J connectivity index is 1.76. The first-order valence-electron chi connectivity index (χ1n) is 12.2. The Morgan fingerprint density at radius 3 is 2.35 bits per heavy atom. The maximum atomic E-state index is 13.2. The van der Waals surface area contributed by atoms with Crippen molar-refractivity contribution >= 4 is 17.4 Å². The molecule has 0 aliphatic carbocycles. The molecule has 192 valence electrons. The molecule has 1 fully saturated rings. The predicted molar refractivity (Wildman–Crippen MR) is 140 cm³/mol. The average Bonchev–Trinajstić information content (AvgIpc) is 3.17. The zero-order valence-electron chi connectivity index (χ0n) is 21.3. The van der Waals surface area contributed by atoms with Crippen molar-refractivity contribution in [2.24, 2.45) is 0 Å². The Morgan fingerprint density at radius 1 is 0.946 bits per heavy atom. The number of ketones is 1. The summed E-state index contributed by atoms with van der Waals surface area (Å²) in [5.41, 5.74) is 3.15. The molecule has 0 radical (unpaired) electrons. The van der Waals surface area contributed by atoms with Gasteiger partial charge in [-0.25, -0.2) is 0 Å². The molecule has 3 aromatic rings. The van der Waals surface area contributed by atoms with Crippen LogP contribution in [0.1, 0.15) is 35.2 Å². The first kappa shape index (κ1) is 26.0. The lowest BCUT2D eigenvalue weighted by molar-refractivity contribution is -0.140. The Morgan fingerprint density at radius 2 is 1.68 bits per heavy atom.